The zero-order valence-corrected chi connectivity index (χ0v) is 16.0. The van der Waals surface area contributed by atoms with Crippen molar-refractivity contribution in [1.29, 1.82) is 0 Å². The molecule has 3 aromatic rings. The van der Waals surface area contributed by atoms with E-state index in [0.717, 1.165) is 43.3 Å². The van der Waals surface area contributed by atoms with Gasteiger partial charge in [0.25, 0.3) is 0 Å². The number of aryl methyl sites for hydroxylation is 2. The first-order valence-electron chi connectivity index (χ1n) is 9.35. The number of hydrogen-bond donors (Lipinski definition) is 2. The lowest BCUT2D eigenvalue weighted by Gasteiger charge is -2.11. The Balaban J connectivity index is 1.45. The molecule has 0 atom stereocenters. The van der Waals surface area contributed by atoms with Crippen LogP contribution in [-0.4, -0.2) is 29.3 Å². The number of aromatic nitrogens is 2. The lowest BCUT2D eigenvalue weighted by molar-refractivity contribution is 0.740. The molecule has 5 heteroatoms. The van der Waals surface area contributed by atoms with E-state index in [4.69, 9.17) is 0 Å². The molecule has 1 heterocycles. The van der Waals surface area contributed by atoms with E-state index in [-0.39, 0.29) is 0 Å². The van der Waals surface area contributed by atoms with Gasteiger partial charge in [0.05, 0.1) is 11.4 Å². The van der Waals surface area contributed by atoms with Crippen molar-refractivity contribution in [2.45, 2.75) is 26.3 Å². The Morgan fingerprint density at radius 2 is 1.70 bits per heavy atom. The van der Waals surface area contributed by atoms with Crippen molar-refractivity contribution in [2.24, 2.45) is 4.99 Å². The Morgan fingerprint density at radius 3 is 2.41 bits per heavy atom. The molecule has 27 heavy (non-hydrogen) atoms. The van der Waals surface area contributed by atoms with Crippen LogP contribution < -0.4 is 10.6 Å². The quantitative estimate of drug-likeness (QED) is 0.385. The van der Waals surface area contributed by atoms with Crippen LogP contribution >= 0.6 is 0 Å². The number of aliphatic imine (C=N–C) groups is 1. The highest BCUT2D eigenvalue weighted by atomic mass is 15.3. The van der Waals surface area contributed by atoms with Crippen molar-refractivity contribution >= 4 is 5.96 Å². The predicted molar refractivity (Wildman–Crippen MR) is 111 cm³/mol. The van der Waals surface area contributed by atoms with E-state index in [1.807, 2.05) is 41.1 Å². The molecule has 140 valence electrons. The van der Waals surface area contributed by atoms with Gasteiger partial charge in [-0.05, 0) is 43.0 Å². The minimum Gasteiger partial charge on any atom is -0.356 e. The molecule has 0 aliphatic carbocycles. The third-order valence-corrected chi connectivity index (χ3v) is 4.46. The van der Waals surface area contributed by atoms with Crippen LogP contribution in [0.25, 0.3) is 5.69 Å². The number of hydrogen-bond acceptors (Lipinski definition) is 2. The van der Waals surface area contributed by atoms with Gasteiger partial charge in [0, 0.05) is 26.3 Å². The summed E-state index contributed by atoms with van der Waals surface area (Å²) >= 11 is 0. The number of benzene rings is 2. The first-order chi connectivity index (χ1) is 13.3. The number of guanidine groups is 1. The van der Waals surface area contributed by atoms with Gasteiger partial charge < -0.3 is 10.6 Å². The normalized spacial score (nSPS) is 11.4. The minimum atomic E-state index is 0.767. The van der Waals surface area contributed by atoms with Crippen LogP contribution in [-0.2, 0) is 13.0 Å². The number of rotatable bonds is 7. The zero-order valence-electron chi connectivity index (χ0n) is 16.0. The van der Waals surface area contributed by atoms with Crippen molar-refractivity contribution in [2.75, 3.05) is 13.6 Å². The van der Waals surface area contributed by atoms with Crippen LogP contribution in [0.4, 0.5) is 0 Å². The first-order valence-corrected chi connectivity index (χ1v) is 9.35. The molecule has 5 nitrogen and oxygen atoms in total. The lowest BCUT2D eigenvalue weighted by atomic mass is 10.1. The topological polar surface area (TPSA) is 54.2 Å². The summed E-state index contributed by atoms with van der Waals surface area (Å²) in [6.45, 7) is 3.70. The van der Waals surface area contributed by atoms with Crippen LogP contribution in [0.3, 0.4) is 0 Å². The fourth-order valence-electron chi connectivity index (χ4n) is 2.94. The van der Waals surface area contributed by atoms with Crippen LogP contribution in [0.15, 0.2) is 71.9 Å². The molecule has 0 radical (unpaired) electrons. The van der Waals surface area contributed by atoms with Gasteiger partial charge in [-0.15, -0.1) is 0 Å². The summed E-state index contributed by atoms with van der Waals surface area (Å²) in [5.41, 5.74) is 4.71. The van der Waals surface area contributed by atoms with E-state index < -0.39 is 0 Å². The maximum Gasteiger partial charge on any atom is 0.191 e. The molecule has 0 amide bonds. The molecule has 0 unspecified atom stereocenters. The molecule has 0 spiro atoms. The van der Waals surface area contributed by atoms with Crippen LogP contribution in [0.2, 0.25) is 0 Å². The van der Waals surface area contributed by atoms with E-state index in [2.05, 4.69) is 58.1 Å². The van der Waals surface area contributed by atoms with Crippen molar-refractivity contribution in [3.8, 4) is 5.69 Å². The fourth-order valence-corrected chi connectivity index (χ4v) is 2.94. The van der Waals surface area contributed by atoms with Crippen LogP contribution in [0.1, 0.15) is 23.2 Å². The largest absolute Gasteiger partial charge is 0.356 e. The highest BCUT2D eigenvalue weighted by Crippen LogP contribution is 2.13. The highest BCUT2D eigenvalue weighted by Gasteiger charge is 2.06. The molecule has 1 aromatic heterocycles. The average Bonchev–Trinajstić information content (AvgIpc) is 3.09. The summed E-state index contributed by atoms with van der Waals surface area (Å²) in [6.07, 6.45) is 4.14. The van der Waals surface area contributed by atoms with E-state index in [1.54, 1.807) is 7.05 Å². The van der Waals surface area contributed by atoms with Crippen LogP contribution in [0.5, 0.6) is 0 Å². The van der Waals surface area contributed by atoms with E-state index in [9.17, 15) is 0 Å². The third kappa shape index (κ3) is 5.45. The summed E-state index contributed by atoms with van der Waals surface area (Å²) in [6, 6.07) is 20.6. The Kier molecular flexibility index (Phi) is 6.63. The fraction of sp³-hybridized carbons (Fsp3) is 0.273. The van der Waals surface area contributed by atoms with E-state index in [1.165, 1.54) is 11.1 Å². The number of nitrogens with one attached hydrogen (secondary N) is 2. The summed E-state index contributed by atoms with van der Waals surface area (Å²) in [4.78, 5) is 4.29. The van der Waals surface area contributed by atoms with Gasteiger partial charge in [0.1, 0.15) is 0 Å². The molecule has 0 saturated heterocycles. The maximum atomic E-state index is 4.63. The monoisotopic (exact) mass is 361 g/mol. The Labute approximate surface area is 161 Å². The Bertz CT molecular complexity index is 853. The predicted octanol–water partition coefficient (Wildman–Crippen LogP) is 3.48. The number of nitrogens with zero attached hydrogens (tertiary/aromatic N) is 3. The van der Waals surface area contributed by atoms with Gasteiger partial charge in [0.2, 0.25) is 0 Å². The summed E-state index contributed by atoms with van der Waals surface area (Å²) in [7, 11) is 1.80. The minimum absolute atomic E-state index is 0.767. The standard InChI is InChI=1S/C22H27N5/c1-18-20(17-27(26-18)21-13-7-4-8-14-21)12-9-15-24-22(23-2)25-16-19-10-5-3-6-11-19/h3-8,10-11,13-14,17H,9,12,15-16H2,1-2H3,(H2,23,24,25). The second kappa shape index (κ2) is 9.57. The van der Waals surface area contributed by atoms with Gasteiger partial charge in [-0.3, -0.25) is 4.99 Å². The van der Waals surface area contributed by atoms with Gasteiger partial charge in [-0.1, -0.05) is 48.5 Å². The molecular weight excluding hydrogens is 334 g/mol. The van der Waals surface area contributed by atoms with Crippen molar-refractivity contribution in [1.82, 2.24) is 20.4 Å². The van der Waals surface area contributed by atoms with Gasteiger partial charge in [-0.25, -0.2) is 4.68 Å². The van der Waals surface area contributed by atoms with E-state index >= 15 is 0 Å². The molecule has 0 aliphatic rings. The van der Waals surface area contributed by atoms with Gasteiger partial charge >= 0.3 is 0 Å². The molecule has 2 aromatic carbocycles. The molecule has 2 N–H and O–H groups in total. The first kappa shape index (κ1) is 18.7. The summed E-state index contributed by atoms with van der Waals surface area (Å²) in [5.74, 6) is 0.829. The summed E-state index contributed by atoms with van der Waals surface area (Å²) in [5, 5.41) is 11.4. The maximum absolute atomic E-state index is 4.63. The molecule has 0 aliphatic heterocycles. The SMILES string of the molecule is CN=C(NCCCc1cn(-c2ccccc2)nc1C)NCc1ccccc1. The molecule has 0 fully saturated rings. The second-order valence-corrected chi connectivity index (χ2v) is 6.46. The molecule has 3 rings (SSSR count). The van der Waals surface area contributed by atoms with Crippen molar-refractivity contribution in [3.05, 3.63) is 83.7 Å². The molecular formula is C22H27N5. The third-order valence-electron chi connectivity index (χ3n) is 4.46. The molecule has 0 bridgehead atoms. The van der Waals surface area contributed by atoms with E-state index in [0.29, 0.717) is 0 Å². The lowest BCUT2D eigenvalue weighted by Crippen LogP contribution is -2.37. The van der Waals surface area contributed by atoms with Crippen LogP contribution in [0, 0.1) is 6.92 Å². The number of para-hydroxylation sites is 1. The highest BCUT2D eigenvalue weighted by molar-refractivity contribution is 5.79. The molecule has 0 saturated carbocycles. The summed E-state index contributed by atoms with van der Waals surface area (Å²) < 4.78 is 1.96. The Hall–Kier alpha value is -3.08. The van der Waals surface area contributed by atoms with Crippen molar-refractivity contribution < 1.29 is 0 Å². The van der Waals surface area contributed by atoms with Gasteiger partial charge in [-0.2, -0.15) is 5.10 Å². The second-order valence-electron chi connectivity index (χ2n) is 6.46. The van der Waals surface area contributed by atoms with Crippen molar-refractivity contribution in [3.63, 3.8) is 0 Å². The van der Waals surface area contributed by atoms with Gasteiger partial charge in [0.15, 0.2) is 5.96 Å². The zero-order chi connectivity index (χ0) is 18.9. The Morgan fingerprint density at radius 1 is 1.00 bits per heavy atom. The smallest absolute Gasteiger partial charge is 0.191 e. The average molecular weight is 361 g/mol.